The molecule has 0 heterocycles. The zero-order valence-electron chi connectivity index (χ0n) is 13.6. The zero-order valence-corrected chi connectivity index (χ0v) is 13.6. The van der Waals surface area contributed by atoms with Crippen LogP contribution in [-0.4, -0.2) is 6.04 Å². The second kappa shape index (κ2) is 7.60. The summed E-state index contributed by atoms with van der Waals surface area (Å²) in [6.07, 6.45) is 8.32. The lowest BCUT2D eigenvalue weighted by molar-refractivity contribution is 0.459. The molecule has 0 unspecified atom stereocenters. The molecule has 1 N–H and O–H groups in total. The molecule has 0 aliphatic heterocycles. The van der Waals surface area contributed by atoms with E-state index in [9.17, 15) is 0 Å². The smallest absolute Gasteiger partial charge is 0.0208 e. The van der Waals surface area contributed by atoms with Gasteiger partial charge in [-0.1, -0.05) is 79.8 Å². The Kier molecular flexibility index (Phi) is 5.29. The summed E-state index contributed by atoms with van der Waals surface area (Å²) in [5.41, 5.74) is 5.31. The van der Waals surface area contributed by atoms with Gasteiger partial charge in [0.25, 0.3) is 0 Å². The fraction of sp³-hybridized carbons (Fsp3) is 0.429. The molecule has 0 atom stereocenters. The first-order valence-electron chi connectivity index (χ1n) is 8.71. The molecule has 3 rings (SSSR count). The third-order valence-corrected chi connectivity index (χ3v) is 4.79. The van der Waals surface area contributed by atoms with Gasteiger partial charge >= 0.3 is 0 Å². The fourth-order valence-electron chi connectivity index (χ4n) is 3.31. The van der Waals surface area contributed by atoms with E-state index < -0.39 is 0 Å². The summed E-state index contributed by atoms with van der Waals surface area (Å²) >= 11 is 0. The molecule has 1 heteroatoms. The molecule has 1 nitrogen and oxygen atoms in total. The van der Waals surface area contributed by atoms with Crippen molar-refractivity contribution >= 4 is 0 Å². The van der Waals surface area contributed by atoms with Crippen LogP contribution in [0.1, 0.15) is 49.7 Å². The van der Waals surface area contributed by atoms with Gasteiger partial charge in [0.15, 0.2) is 0 Å². The zero-order chi connectivity index (χ0) is 15.2. The monoisotopic (exact) mass is 293 g/mol. The largest absolute Gasteiger partial charge is 0.310 e. The van der Waals surface area contributed by atoms with Gasteiger partial charge in [0, 0.05) is 12.6 Å². The van der Waals surface area contributed by atoms with E-state index in [1.54, 1.807) is 0 Å². The SMILES string of the molecule is Cc1ccc(-c2ccc(CNC3CCCCCC3)cc2)cc1. The first kappa shape index (κ1) is 15.3. The number of hydrogen-bond donors (Lipinski definition) is 1. The average Bonchev–Trinajstić information content (AvgIpc) is 2.83. The molecule has 116 valence electrons. The molecule has 22 heavy (non-hydrogen) atoms. The summed E-state index contributed by atoms with van der Waals surface area (Å²) in [5, 5.41) is 3.74. The maximum atomic E-state index is 3.74. The van der Waals surface area contributed by atoms with Crippen LogP contribution in [0.5, 0.6) is 0 Å². The van der Waals surface area contributed by atoms with Gasteiger partial charge in [-0.05, 0) is 36.5 Å². The summed E-state index contributed by atoms with van der Waals surface area (Å²) in [6.45, 7) is 3.13. The van der Waals surface area contributed by atoms with Gasteiger partial charge in [0.05, 0.1) is 0 Å². The molecular weight excluding hydrogens is 266 g/mol. The number of nitrogens with one attached hydrogen (secondary N) is 1. The molecule has 0 spiro atoms. The van der Waals surface area contributed by atoms with Gasteiger partial charge in [-0.2, -0.15) is 0 Å². The molecule has 1 aliphatic rings. The highest BCUT2D eigenvalue weighted by molar-refractivity contribution is 5.63. The van der Waals surface area contributed by atoms with Crippen molar-refractivity contribution in [3.05, 3.63) is 59.7 Å². The van der Waals surface area contributed by atoms with Crippen molar-refractivity contribution in [2.75, 3.05) is 0 Å². The molecule has 0 saturated heterocycles. The summed E-state index contributed by atoms with van der Waals surface area (Å²) in [6, 6.07) is 18.5. The van der Waals surface area contributed by atoms with E-state index in [-0.39, 0.29) is 0 Å². The highest BCUT2D eigenvalue weighted by atomic mass is 14.9. The third kappa shape index (κ3) is 4.20. The average molecular weight is 293 g/mol. The minimum atomic E-state index is 0.722. The Morgan fingerprint density at radius 2 is 1.32 bits per heavy atom. The molecule has 0 aromatic heterocycles. The first-order chi connectivity index (χ1) is 10.8. The van der Waals surface area contributed by atoms with E-state index >= 15 is 0 Å². The maximum Gasteiger partial charge on any atom is 0.0208 e. The van der Waals surface area contributed by atoms with Gasteiger partial charge in [-0.25, -0.2) is 0 Å². The Morgan fingerprint density at radius 1 is 0.773 bits per heavy atom. The summed E-state index contributed by atoms with van der Waals surface area (Å²) in [7, 11) is 0. The van der Waals surface area contributed by atoms with Crippen molar-refractivity contribution in [2.45, 2.75) is 58.0 Å². The van der Waals surface area contributed by atoms with E-state index in [0.717, 1.165) is 12.6 Å². The van der Waals surface area contributed by atoms with Crippen molar-refractivity contribution < 1.29 is 0 Å². The van der Waals surface area contributed by atoms with Crippen LogP contribution < -0.4 is 5.32 Å². The van der Waals surface area contributed by atoms with Crippen molar-refractivity contribution in [2.24, 2.45) is 0 Å². The van der Waals surface area contributed by atoms with E-state index in [0.29, 0.717) is 0 Å². The van der Waals surface area contributed by atoms with Crippen LogP contribution in [0.15, 0.2) is 48.5 Å². The van der Waals surface area contributed by atoms with E-state index in [1.807, 2.05) is 0 Å². The van der Waals surface area contributed by atoms with Crippen molar-refractivity contribution in [3.63, 3.8) is 0 Å². The van der Waals surface area contributed by atoms with Crippen LogP contribution in [0.4, 0.5) is 0 Å². The molecule has 1 saturated carbocycles. The van der Waals surface area contributed by atoms with Crippen LogP contribution in [0.25, 0.3) is 11.1 Å². The lowest BCUT2D eigenvalue weighted by Gasteiger charge is -2.16. The Balaban J connectivity index is 1.58. The van der Waals surface area contributed by atoms with Crippen LogP contribution >= 0.6 is 0 Å². The molecule has 1 fully saturated rings. The Bertz CT molecular complexity index is 560. The number of benzene rings is 2. The predicted octanol–water partition coefficient (Wildman–Crippen LogP) is 5.47. The molecule has 2 aromatic carbocycles. The first-order valence-corrected chi connectivity index (χ1v) is 8.71. The lowest BCUT2D eigenvalue weighted by Crippen LogP contribution is -2.27. The van der Waals surface area contributed by atoms with Crippen LogP contribution in [0.3, 0.4) is 0 Å². The van der Waals surface area contributed by atoms with Crippen LogP contribution in [0, 0.1) is 6.92 Å². The van der Waals surface area contributed by atoms with Gasteiger partial charge in [0.1, 0.15) is 0 Å². The van der Waals surface area contributed by atoms with E-state index in [4.69, 9.17) is 0 Å². The minimum absolute atomic E-state index is 0.722. The number of rotatable bonds is 4. The second-order valence-corrected chi connectivity index (χ2v) is 6.63. The Hall–Kier alpha value is -1.60. The van der Waals surface area contributed by atoms with E-state index in [2.05, 4.69) is 60.8 Å². The number of hydrogen-bond acceptors (Lipinski definition) is 1. The lowest BCUT2D eigenvalue weighted by atomic mass is 10.0. The highest BCUT2D eigenvalue weighted by Gasteiger charge is 2.11. The normalized spacial score (nSPS) is 16.4. The van der Waals surface area contributed by atoms with Gasteiger partial charge < -0.3 is 5.32 Å². The number of aryl methyl sites for hydroxylation is 1. The predicted molar refractivity (Wildman–Crippen MR) is 94.9 cm³/mol. The molecule has 1 aliphatic carbocycles. The fourth-order valence-corrected chi connectivity index (χ4v) is 3.31. The van der Waals surface area contributed by atoms with Crippen molar-refractivity contribution in [3.8, 4) is 11.1 Å². The van der Waals surface area contributed by atoms with Crippen molar-refractivity contribution in [1.29, 1.82) is 0 Å². The van der Waals surface area contributed by atoms with Gasteiger partial charge in [0.2, 0.25) is 0 Å². The topological polar surface area (TPSA) is 12.0 Å². The summed E-state index contributed by atoms with van der Waals surface area (Å²) < 4.78 is 0. The molecule has 0 amide bonds. The Morgan fingerprint density at radius 3 is 1.91 bits per heavy atom. The van der Waals surface area contributed by atoms with Crippen LogP contribution in [0.2, 0.25) is 0 Å². The summed E-state index contributed by atoms with van der Waals surface area (Å²) in [5.74, 6) is 0. The molecular formula is C21H27N. The van der Waals surface area contributed by atoms with Gasteiger partial charge in [-0.15, -0.1) is 0 Å². The summed E-state index contributed by atoms with van der Waals surface area (Å²) in [4.78, 5) is 0. The molecule has 2 aromatic rings. The quantitative estimate of drug-likeness (QED) is 0.737. The molecule has 0 radical (unpaired) electrons. The highest BCUT2D eigenvalue weighted by Crippen LogP contribution is 2.21. The van der Waals surface area contributed by atoms with Gasteiger partial charge in [-0.3, -0.25) is 0 Å². The minimum Gasteiger partial charge on any atom is -0.310 e. The third-order valence-electron chi connectivity index (χ3n) is 4.79. The molecule has 0 bridgehead atoms. The Labute approximate surface area is 134 Å². The van der Waals surface area contributed by atoms with E-state index in [1.165, 1.54) is 60.8 Å². The standard InChI is InChI=1S/C21H27N/c1-17-8-12-19(13-9-17)20-14-10-18(11-15-20)16-22-21-6-4-2-3-5-7-21/h8-15,21-22H,2-7,16H2,1H3. The van der Waals surface area contributed by atoms with Crippen LogP contribution in [-0.2, 0) is 6.54 Å². The van der Waals surface area contributed by atoms with Crippen molar-refractivity contribution in [1.82, 2.24) is 5.32 Å². The second-order valence-electron chi connectivity index (χ2n) is 6.63. The maximum absolute atomic E-state index is 3.74.